The number of nitrogens with one attached hydrogen (secondary N) is 3. The van der Waals surface area contributed by atoms with Crippen LogP contribution in [0.1, 0.15) is 35.3 Å². The lowest BCUT2D eigenvalue weighted by molar-refractivity contribution is -0.0117. The highest BCUT2D eigenvalue weighted by atomic mass is 32.1. The summed E-state index contributed by atoms with van der Waals surface area (Å²) in [5, 5.41) is 6.40. The number of nitrogens with zero attached hydrogens (tertiary/aromatic N) is 2. The first-order chi connectivity index (χ1) is 17.4. The molecule has 3 aromatic heterocycles. The van der Waals surface area contributed by atoms with E-state index in [4.69, 9.17) is 9.47 Å². The van der Waals surface area contributed by atoms with Crippen LogP contribution < -0.4 is 15.4 Å². The number of aromatic nitrogens is 3. The Labute approximate surface area is 209 Å². The maximum atomic E-state index is 13.6. The Kier molecular flexibility index (Phi) is 5.60. The molecular formula is C25H23F2N5O3S. The van der Waals surface area contributed by atoms with Crippen molar-refractivity contribution in [2.24, 2.45) is 0 Å². The largest absolute Gasteiger partial charge is 0.489 e. The molecule has 0 spiro atoms. The average Bonchev–Trinajstić information content (AvgIpc) is 3.58. The van der Waals surface area contributed by atoms with Gasteiger partial charge in [0.2, 0.25) is 0 Å². The Morgan fingerprint density at radius 1 is 1.33 bits per heavy atom. The second-order valence-electron chi connectivity index (χ2n) is 9.08. The lowest BCUT2D eigenvalue weighted by Gasteiger charge is -2.20. The third kappa shape index (κ3) is 4.07. The third-order valence-electron chi connectivity index (χ3n) is 6.47. The third-order valence-corrected chi connectivity index (χ3v) is 7.27. The molecule has 6 rings (SSSR count). The molecule has 186 valence electrons. The number of H-pyrrole nitrogens is 1. The molecule has 2 unspecified atom stereocenters. The summed E-state index contributed by atoms with van der Waals surface area (Å²) >= 11 is 1.53. The zero-order valence-corrected chi connectivity index (χ0v) is 20.1. The van der Waals surface area contributed by atoms with E-state index in [1.54, 1.807) is 17.8 Å². The van der Waals surface area contributed by atoms with Crippen molar-refractivity contribution in [3.05, 3.63) is 53.4 Å². The van der Waals surface area contributed by atoms with Gasteiger partial charge in [0.05, 0.1) is 45.1 Å². The zero-order valence-electron chi connectivity index (χ0n) is 19.3. The summed E-state index contributed by atoms with van der Waals surface area (Å²) in [5.74, 6) is -2.57. The number of ether oxygens (including phenoxy) is 2. The lowest BCUT2D eigenvalue weighted by Crippen LogP contribution is -2.33. The second-order valence-corrected chi connectivity index (χ2v) is 9.97. The van der Waals surface area contributed by atoms with Gasteiger partial charge in [-0.1, -0.05) is 13.0 Å². The molecule has 36 heavy (non-hydrogen) atoms. The minimum Gasteiger partial charge on any atom is -0.489 e. The molecule has 1 fully saturated rings. The SMILES string of the molecule is CC1CNC(=O)c2c1[nH]c(-c1ccncc1OCC1CC(F)(F)CO1)c2Nc1cccc2scnc12. The smallest absolute Gasteiger partial charge is 0.273 e. The fourth-order valence-corrected chi connectivity index (χ4v) is 5.40. The van der Waals surface area contributed by atoms with Crippen LogP contribution in [0.4, 0.5) is 20.2 Å². The van der Waals surface area contributed by atoms with E-state index in [9.17, 15) is 13.6 Å². The van der Waals surface area contributed by atoms with Crippen LogP contribution in [0, 0.1) is 0 Å². The number of carbonyl (C=O) groups is 1. The van der Waals surface area contributed by atoms with Crippen molar-refractivity contribution in [1.29, 1.82) is 0 Å². The van der Waals surface area contributed by atoms with Crippen LogP contribution in [-0.4, -0.2) is 52.6 Å². The number of carbonyl (C=O) groups excluding carboxylic acids is 1. The minimum absolute atomic E-state index is 0.0352. The summed E-state index contributed by atoms with van der Waals surface area (Å²) < 4.78 is 39.3. The molecule has 0 radical (unpaired) electrons. The van der Waals surface area contributed by atoms with Gasteiger partial charge in [0.1, 0.15) is 24.5 Å². The average molecular weight is 512 g/mol. The number of hydrogen-bond donors (Lipinski definition) is 3. The van der Waals surface area contributed by atoms with Crippen molar-refractivity contribution >= 4 is 38.8 Å². The first-order valence-electron chi connectivity index (χ1n) is 11.6. The van der Waals surface area contributed by atoms with Crippen molar-refractivity contribution in [1.82, 2.24) is 20.3 Å². The highest BCUT2D eigenvalue weighted by Crippen LogP contribution is 2.43. The maximum absolute atomic E-state index is 13.6. The quantitative estimate of drug-likeness (QED) is 0.334. The van der Waals surface area contributed by atoms with Gasteiger partial charge in [-0.2, -0.15) is 0 Å². The monoisotopic (exact) mass is 511 g/mol. The van der Waals surface area contributed by atoms with E-state index in [2.05, 4.69) is 25.6 Å². The van der Waals surface area contributed by atoms with Crippen molar-refractivity contribution in [2.75, 3.05) is 25.1 Å². The van der Waals surface area contributed by atoms with Gasteiger partial charge < -0.3 is 25.1 Å². The molecule has 4 aromatic rings. The summed E-state index contributed by atoms with van der Waals surface area (Å²) in [6, 6.07) is 7.61. The van der Waals surface area contributed by atoms with E-state index in [0.29, 0.717) is 34.8 Å². The van der Waals surface area contributed by atoms with E-state index in [0.717, 1.165) is 21.6 Å². The molecule has 3 N–H and O–H groups in total. The molecule has 5 heterocycles. The standard InChI is InChI=1S/C25H23F2N5O3S/c1-13-8-29-24(33)19-20(13)32-21(23(19)31-16-3-2-4-18-22(16)30-12-36-18)15-5-6-28-9-17(15)34-10-14-7-25(26,27)11-35-14/h2-6,9,12-14,31-32H,7-8,10-11H2,1H3,(H,29,33). The Bertz CT molecular complexity index is 1450. The fraction of sp³-hybridized carbons (Fsp3) is 0.320. The number of pyridine rings is 1. The van der Waals surface area contributed by atoms with E-state index in [1.165, 1.54) is 17.5 Å². The van der Waals surface area contributed by atoms with Crippen molar-refractivity contribution in [3.8, 4) is 17.0 Å². The summed E-state index contributed by atoms with van der Waals surface area (Å²) in [7, 11) is 0. The van der Waals surface area contributed by atoms with Crippen LogP contribution in [0.25, 0.3) is 21.5 Å². The van der Waals surface area contributed by atoms with Gasteiger partial charge >= 0.3 is 0 Å². The molecule has 1 saturated heterocycles. The molecule has 2 aliphatic heterocycles. The molecule has 8 nitrogen and oxygen atoms in total. The first-order valence-corrected chi connectivity index (χ1v) is 12.5. The molecule has 2 aliphatic rings. The predicted molar refractivity (Wildman–Crippen MR) is 132 cm³/mol. The normalized spacial score (nSPS) is 20.8. The molecule has 11 heteroatoms. The van der Waals surface area contributed by atoms with Crippen molar-refractivity contribution < 1.29 is 23.0 Å². The first kappa shape index (κ1) is 22.9. The number of alkyl halides is 2. The molecule has 1 aromatic carbocycles. The lowest BCUT2D eigenvalue weighted by atomic mass is 9.98. The second kappa shape index (κ2) is 8.82. The number of halogens is 2. The number of hydrogen-bond acceptors (Lipinski definition) is 7. The van der Waals surface area contributed by atoms with Gasteiger partial charge in [0.25, 0.3) is 11.8 Å². The number of fused-ring (bicyclic) bond motifs is 2. The van der Waals surface area contributed by atoms with Crippen LogP contribution >= 0.6 is 11.3 Å². The highest BCUT2D eigenvalue weighted by molar-refractivity contribution is 7.16. The zero-order chi connectivity index (χ0) is 24.9. The number of thiazole rings is 1. The van der Waals surface area contributed by atoms with Crippen LogP contribution in [0.15, 0.2) is 42.2 Å². The van der Waals surface area contributed by atoms with Gasteiger partial charge in [0.15, 0.2) is 0 Å². The van der Waals surface area contributed by atoms with Crippen LogP contribution in [0.3, 0.4) is 0 Å². The number of para-hydroxylation sites is 1. The molecule has 1 amide bonds. The number of anilines is 2. The molecule has 0 bridgehead atoms. The molecular weight excluding hydrogens is 488 g/mol. The summed E-state index contributed by atoms with van der Waals surface area (Å²) in [5.41, 5.74) is 6.57. The Morgan fingerprint density at radius 3 is 3.06 bits per heavy atom. The molecule has 2 atom stereocenters. The summed E-state index contributed by atoms with van der Waals surface area (Å²) in [6.45, 7) is 1.91. The van der Waals surface area contributed by atoms with Crippen molar-refractivity contribution in [3.63, 3.8) is 0 Å². The molecule has 0 aliphatic carbocycles. The number of rotatable bonds is 6. The number of benzene rings is 1. The van der Waals surface area contributed by atoms with Gasteiger partial charge in [-0.15, -0.1) is 11.3 Å². The van der Waals surface area contributed by atoms with E-state index >= 15 is 0 Å². The summed E-state index contributed by atoms with van der Waals surface area (Å²) in [4.78, 5) is 25.1. The van der Waals surface area contributed by atoms with E-state index < -0.39 is 18.6 Å². The fourth-order valence-electron chi connectivity index (χ4n) is 4.69. The van der Waals surface area contributed by atoms with Crippen LogP contribution in [-0.2, 0) is 4.74 Å². The van der Waals surface area contributed by atoms with E-state index in [1.807, 2.05) is 25.1 Å². The van der Waals surface area contributed by atoms with Gasteiger partial charge in [-0.05, 0) is 18.2 Å². The van der Waals surface area contributed by atoms with Gasteiger partial charge in [-0.25, -0.2) is 13.8 Å². The number of amides is 1. The Hall–Kier alpha value is -3.57. The Balaban J connectivity index is 1.42. The van der Waals surface area contributed by atoms with Gasteiger partial charge in [-0.3, -0.25) is 9.78 Å². The van der Waals surface area contributed by atoms with E-state index in [-0.39, 0.29) is 24.9 Å². The highest BCUT2D eigenvalue weighted by Gasteiger charge is 2.41. The topological polar surface area (TPSA) is 101 Å². The van der Waals surface area contributed by atoms with Crippen LogP contribution in [0.5, 0.6) is 5.75 Å². The summed E-state index contributed by atoms with van der Waals surface area (Å²) in [6.07, 6.45) is 2.06. The minimum atomic E-state index is -2.85. The van der Waals surface area contributed by atoms with Gasteiger partial charge in [0, 0.05) is 36.3 Å². The predicted octanol–water partition coefficient (Wildman–Crippen LogP) is 5.08. The van der Waals surface area contributed by atoms with Crippen molar-refractivity contribution in [2.45, 2.75) is 31.3 Å². The van der Waals surface area contributed by atoms with Crippen LogP contribution in [0.2, 0.25) is 0 Å². The molecule has 0 saturated carbocycles. The number of aromatic amines is 1. The Morgan fingerprint density at radius 2 is 2.22 bits per heavy atom. The maximum Gasteiger partial charge on any atom is 0.273 e.